The van der Waals surface area contributed by atoms with E-state index < -0.39 is 4.90 Å². The van der Waals surface area contributed by atoms with Crippen molar-refractivity contribution in [3.63, 3.8) is 0 Å². The van der Waals surface area contributed by atoms with Gasteiger partial charge in [0.15, 0.2) is 26.9 Å². The Labute approximate surface area is 196 Å². The molecule has 0 radical (unpaired) electrons. The summed E-state index contributed by atoms with van der Waals surface area (Å²) in [6.45, 7) is 0. The summed E-state index contributed by atoms with van der Waals surface area (Å²) in [5.41, 5.74) is 0. The SMILES string of the molecule is I[P+](c1ccccc1)(c1ccccc1)c1ccccc1.[CH3-].[CH3-].[I][Au-][I]. The molecule has 0 nitrogen and oxygen atoms in total. The van der Waals surface area contributed by atoms with Crippen molar-refractivity contribution in [1.29, 1.82) is 0 Å². The Bertz CT molecular complexity index is 597. The van der Waals surface area contributed by atoms with Gasteiger partial charge >= 0.3 is 50.2 Å². The summed E-state index contributed by atoms with van der Waals surface area (Å²) < 4.78 is 0. The summed E-state index contributed by atoms with van der Waals surface area (Å²) in [7, 11) is 0. The monoisotopic (exact) mass is 870 g/mol. The van der Waals surface area contributed by atoms with Crippen LogP contribution in [-0.4, -0.2) is 0 Å². The van der Waals surface area contributed by atoms with Crippen LogP contribution in [0.1, 0.15) is 0 Å². The molecule has 0 aliphatic rings. The Balaban J connectivity index is 0.00000108. The zero-order valence-electron chi connectivity index (χ0n) is 14.0. The fraction of sp³-hybridized carbons (Fsp3) is 0. The van der Waals surface area contributed by atoms with Crippen molar-refractivity contribution < 1.29 is 12.1 Å². The number of hydrogen-bond donors (Lipinski definition) is 0. The van der Waals surface area contributed by atoms with Gasteiger partial charge in [-0.1, -0.05) is 54.6 Å². The second kappa shape index (κ2) is 14.1. The molecule has 3 aromatic carbocycles. The Morgan fingerprint density at radius 1 is 0.520 bits per heavy atom. The molecule has 0 heterocycles. The van der Waals surface area contributed by atoms with Crippen LogP contribution >= 0.6 is 65.0 Å². The van der Waals surface area contributed by atoms with Gasteiger partial charge in [-0.2, -0.15) is 0 Å². The van der Waals surface area contributed by atoms with E-state index in [1.807, 2.05) is 0 Å². The molecule has 140 valence electrons. The fourth-order valence-corrected chi connectivity index (χ4v) is 7.89. The van der Waals surface area contributed by atoms with Crippen LogP contribution in [0.15, 0.2) is 91.0 Å². The third-order valence-corrected chi connectivity index (χ3v) is 11.4. The van der Waals surface area contributed by atoms with Crippen molar-refractivity contribution in [1.82, 2.24) is 0 Å². The van der Waals surface area contributed by atoms with Gasteiger partial charge in [0.1, 0.15) is 15.9 Å². The summed E-state index contributed by atoms with van der Waals surface area (Å²) in [5, 5.41) is 4.24. The molecule has 0 N–H and O–H groups in total. The van der Waals surface area contributed by atoms with E-state index >= 15 is 0 Å². The number of rotatable bonds is 3. The van der Waals surface area contributed by atoms with Crippen LogP contribution in [0.5, 0.6) is 0 Å². The molecular weight excluding hydrogens is 849 g/mol. The molecule has 0 saturated carbocycles. The second-order valence-corrected chi connectivity index (χ2v) is 27.5. The standard InChI is InChI=1S/C18H15IP.2CH3.Au.2HI/c19-20(16-10-4-1-5-11-16,17-12-6-2-7-13-17)18-14-8-3-9-15-18;;;;;/h1-15H;2*1H3;;2*1H/q+1;2*-1;+1;;/p-2. The quantitative estimate of drug-likeness (QED) is 0.115. The topological polar surface area (TPSA) is 0 Å². The first-order valence-electron chi connectivity index (χ1n) is 6.80. The summed E-state index contributed by atoms with van der Waals surface area (Å²) in [6, 6.07) is 32.6. The molecule has 0 saturated heterocycles. The maximum atomic E-state index is 2.68. The minimum absolute atomic E-state index is 0. The van der Waals surface area contributed by atoms with Crippen LogP contribution < -0.4 is 15.9 Å². The van der Waals surface area contributed by atoms with Crippen LogP contribution in [0, 0.1) is 14.9 Å². The van der Waals surface area contributed by atoms with Crippen LogP contribution in [-0.2, 0) is 12.1 Å². The molecule has 0 amide bonds. The normalized spacial score (nSPS) is 9.88. The van der Waals surface area contributed by atoms with Crippen molar-refractivity contribution in [3.8, 4) is 0 Å². The second-order valence-electron chi connectivity index (χ2n) is 4.64. The van der Waals surface area contributed by atoms with Crippen molar-refractivity contribution in [2.75, 3.05) is 0 Å². The summed E-state index contributed by atoms with van der Waals surface area (Å²) in [6.07, 6.45) is 0. The van der Waals surface area contributed by atoms with E-state index in [0.717, 1.165) is 0 Å². The first-order valence-corrected chi connectivity index (χ1v) is 23.7. The van der Waals surface area contributed by atoms with Gasteiger partial charge in [0.05, 0.1) is 0 Å². The van der Waals surface area contributed by atoms with Crippen molar-refractivity contribution >= 4 is 80.9 Å². The number of benzene rings is 3. The van der Waals surface area contributed by atoms with E-state index in [9.17, 15) is 0 Å². The third kappa shape index (κ3) is 7.16. The predicted octanol–water partition coefficient (Wildman–Crippen LogP) is 7.00. The molecule has 0 aromatic heterocycles. The molecule has 0 bridgehead atoms. The Kier molecular flexibility index (Phi) is 14.7. The Hall–Kier alpha value is 1.02. The molecule has 0 aliphatic heterocycles. The first kappa shape index (κ1) is 26.0. The average Bonchev–Trinajstić information content (AvgIpc) is 2.64. The molecule has 0 fully saturated rings. The van der Waals surface area contributed by atoms with E-state index in [2.05, 4.69) is 151 Å². The number of halogens is 3. The molecular formula is C20H21AuI3P-2. The van der Waals surface area contributed by atoms with Crippen molar-refractivity contribution in [3.05, 3.63) is 106 Å². The molecule has 0 unspecified atom stereocenters. The van der Waals surface area contributed by atoms with Gasteiger partial charge in [-0.15, -0.1) is 0 Å². The fourth-order valence-electron chi connectivity index (χ4n) is 2.35. The van der Waals surface area contributed by atoms with E-state index in [1.165, 1.54) is 15.9 Å². The molecule has 5 heteroatoms. The van der Waals surface area contributed by atoms with Crippen LogP contribution in [0.4, 0.5) is 0 Å². The zero-order valence-corrected chi connectivity index (χ0v) is 23.6. The van der Waals surface area contributed by atoms with Crippen LogP contribution in [0.25, 0.3) is 0 Å². The molecule has 0 aliphatic carbocycles. The van der Waals surface area contributed by atoms with Gasteiger partial charge in [0, 0.05) is 0 Å². The molecule has 0 atom stereocenters. The van der Waals surface area contributed by atoms with E-state index in [0.29, 0.717) is 12.1 Å². The minimum atomic E-state index is -1.56. The molecule has 25 heavy (non-hydrogen) atoms. The predicted molar refractivity (Wildman–Crippen MR) is 140 cm³/mol. The first-order chi connectivity index (χ1) is 11.2. The average molecular weight is 870 g/mol. The Morgan fingerprint density at radius 2 is 0.720 bits per heavy atom. The van der Waals surface area contributed by atoms with Crippen molar-refractivity contribution in [2.24, 2.45) is 0 Å². The van der Waals surface area contributed by atoms with Crippen molar-refractivity contribution in [2.45, 2.75) is 0 Å². The van der Waals surface area contributed by atoms with E-state index in [-0.39, 0.29) is 14.9 Å². The zero-order chi connectivity index (χ0) is 16.5. The maximum absolute atomic E-state index is 2.68. The summed E-state index contributed by atoms with van der Waals surface area (Å²) in [5.74, 6) is 0. The molecule has 3 rings (SSSR count). The summed E-state index contributed by atoms with van der Waals surface area (Å²) >= 11 is 8.03. The van der Waals surface area contributed by atoms with Gasteiger partial charge in [0.2, 0.25) is 0 Å². The summed E-state index contributed by atoms with van der Waals surface area (Å²) in [4.78, 5) is -1.56. The Morgan fingerprint density at radius 3 is 0.920 bits per heavy atom. The van der Waals surface area contributed by atoms with Crippen LogP contribution in [0.3, 0.4) is 0 Å². The van der Waals surface area contributed by atoms with Gasteiger partial charge in [-0.25, -0.2) is 0 Å². The van der Waals surface area contributed by atoms with Gasteiger partial charge in [-0.3, -0.25) is 0 Å². The van der Waals surface area contributed by atoms with Gasteiger partial charge in [-0.05, 0) is 36.4 Å². The third-order valence-electron chi connectivity index (χ3n) is 3.34. The van der Waals surface area contributed by atoms with Gasteiger partial charge < -0.3 is 14.9 Å². The molecule has 0 spiro atoms. The van der Waals surface area contributed by atoms with E-state index in [1.54, 1.807) is 0 Å². The van der Waals surface area contributed by atoms with E-state index in [4.69, 9.17) is 0 Å². The van der Waals surface area contributed by atoms with Crippen LogP contribution in [0.2, 0.25) is 0 Å². The number of hydrogen-bond acceptors (Lipinski definition) is 0. The van der Waals surface area contributed by atoms with Gasteiger partial charge in [0.25, 0.3) is 0 Å². The molecule has 3 aromatic rings.